The zero-order chi connectivity index (χ0) is 31.3. The van der Waals surface area contributed by atoms with Crippen LogP contribution in [0.3, 0.4) is 0 Å². The highest BCUT2D eigenvalue weighted by Gasteiger charge is 2.37. The van der Waals surface area contributed by atoms with Gasteiger partial charge in [-0.25, -0.2) is 0 Å². The molecule has 0 radical (unpaired) electrons. The maximum absolute atomic E-state index is 2.50. The van der Waals surface area contributed by atoms with Crippen LogP contribution in [0.1, 0.15) is 25.0 Å². The molecule has 0 aliphatic heterocycles. The third-order valence-electron chi connectivity index (χ3n) is 10.4. The zero-order valence-electron chi connectivity index (χ0n) is 26.3. The lowest BCUT2D eigenvalue weighted by Gasteiger charge is -2.29. The highest BCUT2D eigenvalue weighted by Crippen LogP contribution is 2.54. The van der Waals surface area contributed by atoms with E-state index in [9.17, 15) is 0 Å². The standard InChI is InChI=1S/C45H31NS/c1-45(2)38-14-7-5-13-36(38)44-39(45)15-9-16-40(44)46(32-23-25-42-37(27-32)35-12-6-8-17-41(35)47-42)31-22-24-34-30(26-31)21-20-29-19-18-28-10-3-4-11-33(28)43(29)34/h3-27H,1-2H3. The molecule has 0 spiro atoms. The van der Waals surface area contributed by atoms with Crippen molar-refractivity contribution in [1.82, 2.24) is 0 Å². The van der Waals surface area contributed by atoms with Gasteiger partial charge in [-0.15, -0.1) is 11.3 Å². The van der Waals surface area contributed by atoms with Crippen molar-refractivity contribution >= 4 is 80.9 Å². The molecule has 222 valence electrons. The van der Waals surface area contributed by atoms with E-state index in [1.165, 1.54) is 86.1 Å². The largest absolute Gasteiger partial charge is 0.310 e. The van der Waals surface area contributed by atoms with Crippen molar-refractivity contribution in [1.29, 1.82) is 0 Å². The second-order valence-corrected chi connectivity index (χ2v) is 14.4. The molecular weight excluding hydrogens is 587 g/mol. The van der Waals surface area contributed by atoms with Crippen molar-refractivity contribution in [3.8, 4) is 11.1 Å². The Morgan fingerprint density at radius 3 is 2.04 bits per heavy atom. The summed E-state index contributed by atoms with van der Waals surface area (Å²) in [6, 6.07) is 56.5. The number of rotatable bonds is 3. The monoisotopic (exact) mass is 617 g/mol. The number of nitrogens with zero attached hydrogens (tertiary/aromatic N) is 1. The quantitative estimate of drug-likeness (QED) is 0.178. The molecule has 1 nitrogen and oxygen atoms in total. The third-order valence-corrected chi connectivity index (χ3v) is 11.6. The summed E-state index contributed by atoms with van der Waals surface area (Å²) < 4.78 is 2.64. The number of thiophene rings is 1. The Hall–Kier alpha value is -5.44. The van der Waals surface area contributed by atoms with Crippen molar-refractivity contribution in [2.24, 2.45) is 0 Å². The summed E-state index contributed by atoms with van der Waals surface area (Å²) in [7, 11) is 0. The molecule has 0 saturated carbocycles. The SMILES string of the molecule is CC1(C)c2ccccc2-c2c(N(c3ccc4c(ccc5ccc6ccccc6c54)c3)c3ccc4sc5ccccc5c4c3)cccc21. The Bertz CT molecular complexity index is 2730. The minimum absolute atomic E-state index is 0.0789. The summed E-state index contributed by atoms with van der Waals surface area (Å²) in [5, 5.41) is 10.3. The molecule has 47 heavy (non-hydrogen) atoms. The maximum Gasteiger partial charge on any atom is 0.0543 e. The Morgan fingerprint density at radius 1 is 0.468 bits per heavy atom. The van der Waals surface area contributed by atoms with Crippen LogP contribution in [-0.2, 0) is 5.41 Å². The van der Waals surface area contributed by atoms with Gasteiger partial charge >= 0.3 is 0 Å². The topological polar surface area (TPSA) is 3.24 Å². The first kappa shape index (κ1) is 26.7. The van der Waals surface area contributed by atoms with Gasteiger partial charge in [-0.05, 0) is 91.5 Å². The summed E-state index contributed by atoms with van der Waals surface area (Å²) >= 11 is 1.87. The number of benzene rings is 8. The molecule has 1 aliphatic carbocycles. The van der Waals surface area contributed by atoms with E-state index in [1.807, 2.05) is 11.3 Å². The smallest absolute Gasteiger partial charge is 0.0543 e. The summed E-state index contributed by atoms with van der Waals surface area (Å²) in [5.74, 6) is 0. The average Bonchev–Trinajstić information content (AvgIpc) is 3.60. The Labute approximate surface area is 278 Å². The van der Waals surface area contributed by atoms with Crippen LogP contribution in [0.5, 0.6) is 0 Å². The van der Waals surface area contributed by atoms with E-state index >= 15 is 0 Å². The normalized spacial score (nSPS) is 13.5. The molecule has 10 rings (SSSR count). The van der Waals surface area contributed by atoms with Crippen LogP contribution >= 0.6 is 11.3 Å². The van der Waals surface area contributed by atoms with Crippen LogP contribution in [0.15, 0.2) is 152 Å². The molecule has 2 heteroatoms. The Balaban J connectivity index is 1.27. The van der Waals surface area contributed by atoms with Crippen LogP contribution in [0, 0.1) is 0 Å². The van der Waals surface area contributed by atoms with Gasteiger partial charge < -0.3 is 4.90 Å². The number of hydrogen-bond donors (Lipinski definition) is 0. The fraction of sp³-hybridized carbons (Fsp3) is 0.0667. The van der Waals surface area contributed by atoms with Gasteiger partial charge in [0.05, 0.1) is 5.69 Å². The maximum atomic E-state index is 2.50. The molecule has 0 bridgehead atoms. The second-order valence-electron chi connectivity index (χ2n) is 13.3. The van der Waals surface area contributed by atoms with Gasteiger partial charge in [0.15, 0.2) is 0 Å². The molecule has 0 N–H and O–H groups in total. The predicted molar refractivity (Wildman–Crippen MR) is 204 cm³/mol. The van der Waals surface area contributed by atoms with Gasteiger partial charge in [0.25, 0.3) is 0 Å². The number of hydrogen-bond acceptors (Lipinski definition) is 2. The number of anilines is 3. The molecule has 1 aromatic heterocycles. The molecular formula is C45H31NS. The van der Waals surface area contributed by atoms with Gasteiger partial charge in [0.1, 0.15) is 0 Å². The lowest BCUT2D eigenvalue weighted by Crippen LogP contribution is -2.16. The molecule has 1 heterocycles. The first-order valence-corrected chi connectivity index (χ1v) is 17.2. The summed E-state index contributed by atoms with van der Waals surface area (Å²) in [6.45, 7) is 4.72. The molecule has 0 fully saturated rings. The molecule has 0 unspecified atom stereocenters. The van der Waals surface area contributed by atoms with Crippen molar-refractivity contribution in [2.75, 3.05) is 4.90 Å². The average molecular weight is 618 g/mol. The molecule has 0 amide bonds. The van der Waals surface area contributed by atoms with E-state index < -0.39 is 0 Å². The fourth-order valence-electron chi connectivity index (χ4n) is 8.16. The third kappa shape index (κ3) is 3.83. The van der Waals surface area contributed by atoms with E-state index in [1.54, 1.807) is 0 Å². The van der Waals surface area contributed by atoms with Crippen LogP contribution < -0.4 is 4.90 Å². The van der Waals surface area contributed by atoms with Crippen LogP contribution in [0.4, 0.5) is 17.1 Å². The van der Waals surface area contributed by atoms with E-state index in [4.69, 9.17) is 0 Å². The van der Waals surface area contributed by atoms with Gasteiger partial charge in [-0.3, -0.25) is 0 Å². The highest BCUT2D eigenvalue weighted by atomic mass is 32.1. The van der Waals surface area contributed by atoms with Crippen molar-refractivity contribution < 1.29 is 0 Å². The second kappa shape index (κ2) is 9.78. The summed E-state index contributed by atoms with van der Waals surface area (Å²) in [6.07, 6.45) is 0. The van der Waals surface area contributed by atoms with E-state index in [2.05, 4.69) is 170 Å². The molecule has 1 aliphatic rings. The van der Waals surface area contributed by atoms with E-state index in [0.717, 1.165) is 5.69 Å². The van der Waals surface area contributed by atoms with Gasteiger partial charge in [0, 0.05) is 42.5 Å². The number of fused-ring (bicyclic) bond motifs is 11. The first-order chi connectivity index (χ1) is 23.1. The van der Waals surface area contributed by atoms with E-state index in [-0.39, 0.29) is 5.41 Å². The molecule has 0 atom stereocenters. The summed E-state index contributed by atoms with van der Waals surface area (Å²) in [5.41, 5.74) is 8.88. The molecule has 8 aromatic carbocycles. The van der Waals surface area contributed by atoms with Crippen molar-refractivity contribution in [3.05, 3.63) is 163 Å². The minimum Gasteiger partial charge on any atom is -0.310 e. The Kier molecular flexibility index (Phi) is 5.57. The van der Waals surface area contributed by atoms with Gasteiger partial charge in [-0.2, -0.15) is 0 Å². The Morgan fingerprint density at radius 2 is 1.13 bits per heavy atom. The summed E-state index contributed by atoms with van der Waals surface area (Å²) in [4.78, 5) is 2.50. The van der Waals surface area contributed by atoms with Gasteiger partial charge in [0.2, 0.25) is 0 Å². The highest BCUT2D eigenvalue weighted by molar-refractivity contribution is 7.25. The van der Waals surface area contributed by atoms with Crippen molar-refractivity contribution in [2.45, 2.75) is 19.3 Å². The lowest BCUT2D eigenvalue weighted by atomic mass is 9.82. The predicted octanol–water partition coefficient (Wildman–Crippen LogP) is 13.3. The molecule has 0 saturated heterocycles. The first-order valence-electron chi connectivity index (χ1n) is 16.4. The zero-order valence-corrected chi connectivity index (χ0v) is 27.1. The van der Waals surface area contributed by atoms with Crippen LogP contribution in [-0.4, -0.2) is 0 Å². The fourth-order valence-corrected chi connectivity index (χ4v) is 9.25. The lowest BCUT2D eigenvalue weighted by molar-refractivity contribution is 0.660. The van der Waals surface area contributed by atoms with Crippen LogP contribution in [0.2, 0.25) is 0 Å². The van der Waals surface area contributed by atoms with Crippen LogP contribution in [0.25, 0.3) is 63.6 Å². The molecule has 9 aromatic rings. The minimum atomic E-state index is -0.0789. The van der Waals surface area contributed by atoms with Crippen molar-refractivity contribution in [3.63, 3.8) is 0 Å². The van der Waals surface area contributed by atoms with E-state index in [0.29, 0.717) is 0 Å². The van der Waals surface area contributed by atoms with Gasteiger partial charge in [-0.1, -0.05) is 123 Å².